The van der Waals surface area contributed by atoms with Crippen molar-refractivity contribution in [2.75, 3.05) is 14.2 Å². The number of carbonyl (C=O) groups is 1. The normalized spacial score (nSPS) is 12.1. The fourth-order valence-corrected chi connectivity index (χ4v) is 1.98. The summed E-state index contributed by atoms with van der Waals surface area (Å²) in [6, 6.07) is 3.99. The molecule has 0 aliphatic carbocycles. The third kappa shape index (κ3) is 5.10. The number of hydrogen-bond donors (Lipinski definition) is 1. The summed E-state index contributed by atoms with van der Waals surface area (Å²) in [4.78, 5) is 11.4. The van der Waals surface area contributed by atoms with Crippen molar-refractivity contribution in [2.45, 2.75) is 39.5 Å². The first kappa shape index (κ1) is 17.6. The van der Waals surface area contributed by atoms with E-state index < -0.39 is 12.1 Å². The minimum atomic E-state index is -0.763. The molecule has 0 aromatic heterocycles. The van der Waals surface area contributed by atoms with Gasteiger partial charge in [0, 0.05) is 12.6 Å². The van der Waals surface area contributed by atoms with Crippen LogP contribution in [0.25, 0.3) is 0 Å². The van der Waals surface area contributed by atoms with E-state index in [1.165, 1.54) is 14.2 Å². The molecule has 5 nitrogen and oxygen atoms in total. The molecule has 1 unspecified atom stereocenters. The maximum Gasteiger partial charge on any atom is 0.346 e. The molecule has 1 rings (SSSR count). The van der Waals surface area contributed by atoms with Gasteiger partial charge in [-0.2, -0.15) is 0 Å². The van der Waals surface area contributed by atoms with Crippen molar-refractivity contribution < 1.29 is 19.0 Å². The molecule has 0 aliphatic heterocycles. The zero-order valence-corrected chi connectivity index (χ0v) is 13.8. The molecule has 0 saturated carbocycles. The minimum Gasteiger partial charge on any atom is -0.493 e. The van der Waals surface area contributed by atoms with Gasteiger partial charge in [-0.25, -0.2) is 4.79 Å². The number of carbonyl (C=O) groups excluding carboxylic acids is 1. The molecule has 118 valence electrons. The molecule has 1 aromatic rings. The second-order valence-corrected chi connectivity index (χ2v) is 5.34. The van der Waals surface area contributed by atoms with Crippen LogP contribution in [0.5, 0.6) is 11.5 Å². The van der Waals surface area contributed by atoms with Crippen molar-refractivity contribution in [3.05, 3.63) is 22.7 Å². The number of rotatable bonds is 7. The van der Waals surface area contributed by atoms with Crippen molar-refractivity contribution in [1.29, 1.82) is 0 Å². The zero-order chi connectivity index (χ0) is 16.0. The van der Waals surface area contributed by atoms with Gasteiger partial charge in [-0.15, -0.1) is 0 Å². The highest BCUT2D eigenvalue weighted by atomic mass is 35.5. The van der Waals surface area contributed by atoms with Crippen LogP contribution >= 0.6 is 11.6 Å². The third-order valence-electron chi connectivity index (χ3n) is 2.83. The maximum absolute atomic E-state index is 11.4. The minimum absolute atomic E-state index is 0.338. The number of nitrogens with one attached hydrogen (secondary N) is 1. The Labute approximate surface area is 130 Å². The Morgan fingerprint density at radius 3 is 2.48 bits per heavy atom. The summed E-state index contributed by atoms with van der Waals surface area (Å²) >= 11 is 6.24. The second-order valence-electron chi connectivity index (χ2n) is 4.93. The van der Waals surface area contributed by atoms with E-state index >= 15 is 0 Å². The predicted octanol–water partition coefficient (Wildman–Crippen LogP) is 2.79. The van der Waals surface area contributed by atoms with Crippen molar-refractivity contribution in [2.24, 2.45) is 0 Å². The van der Waals surface area contributed by atoms with Gasteiger partial charge in [0.2, 0.25) is 0 Å². The van der Waals surface area contributed by atoms with Gasteiger partial charge in [-0.3, -0.25) is 0 Å². The Balaban J connectivity index is 2.96. The van der Waals surface area contributed by atoms with Crippen LogP contribution in [0.3, 0.4) is 0 Å². The summed E-state index contributed by atoms with van der Waals surface area (Å²) in [6.45, 7) is 6.39. The van der Waals surface area contributed by atoms with Crippen LogP contribution in [-0.4, -0.2) is 32.3 Å². The highest BCUT2D eigenvalue weighted by Crippen LogP contribution is 2.37. The van der Waals surface area contributed by atoms with E-state index in [2.05, 4.69) is 23.9 Å². The van der Waals surface area contributed by atoms with Gasteiger partial charge in [-0.1, -0.05) is 25.4 Å². The van der Waals surface area contributed by atoms with E-state index in [-0.39, 0.29) is 0 Å². The van der Waals surface area contributed by atoms with Crippen molar-refractivity contribution >= 4 is 17.6 Å². The summed E-state index contributed by atoms with van der Waals surface area (Å²) < 4.78 is 15.5. The molecule has 6 heteroatoms. The Morgan fingerprint density at radius 1 is 1.29 bits per heavy atom. The van der Waals surface area contributed by atoms with Crippen molar-refractivity contribution in [3.8, 4) is 11.5 Å². The summed E-state index contributed by atoms with van der Waals surface area (Å²) in [5.41, 5.74) is 0.976. The third-order valence-corrected chi connectivity index (χ3v) is 3.11. The molecule has 1 N–H and O–H groups in total. The van der Waals surface area contributed by atoms with Gasteiger partial charge in [0.05, 0.1) is 19.2 Å². The van der Waals surface area contributed by atoms with Crippen molar-refractivity contribution in [1.82, 2.24) is 5.32 Å². The van der Waals surface area contributed by atoms with Gasteiger partial charge in [0.25, 0.3) is 0 Å². The van der Waals surface area contributed by atoms with Crippen LogP contribution in [-0.2, 0) is 16.1 Å². The molecule has 0 aliphatic rings. The van der Waals surface area contributed by atoms with E-state index in [4.69, 9.17) is 21.1 Å². The van der Waals surface area contributed by atoms with Gasteiger partial charge >= 0.3 is 5.97 Å². The van der Waals surface area contributed by atoms with E-state index in [9.17, 15) is 4.79 Å². The van der Waals surface area contributed by atoms with Crippen LogP contribution in [0.1, 0.15) is 26.3 Å². The zero-order valence-electron chi connectivity index (χ0n) is 13.0. The van der Waals surface area contributed by atoms with Crippen LogP contribution in [0.4, 0.5) is 0 Å². The first-order valence-electron chi connectivity index (χ1n) is 6.73. The molecule has 1 atom stereocenters. The monoisotopic (exact) mass is 315 g/mol. The lowest BCUT2D eigenvalue weighted by Crippen LogP contribution is -2.25. The van der Waals surface area contributed by atoms with Gasteiger partial charge in [0.1, 0.15) is 0 Å². The number of halogens is 1. The smallest absolute Gasteiger partial charge is 0.346 e. The Bertz CT molecular complexity index is 491. The average molecular weight is 316 g/mol. The molecule has 0 spiro atoms. The van der Waals surface area contributed by atoms with E-state index in [1.807, 2.05) is 6.07 Å². The summed E-state index contributed by atoms with van der Waals surface area (Å²) in [5.74, 6) is 0.350. The molecule has 21 heavy (non-hydrogen) atoms. The van der Waals surface area contributed by atoms with Crippen LogP contribution in [0, 0.1) is 0 Å². The molecule has 0 amide bonds. The number of hydrogen-bond acceptors (Lipinski definition) is 5. The Morgan fingerprint density at radius 2 is 1.95 bits per heavy atom. The number of benzene rings is 1. The fraction of sp³-hybridized carbons (Fsp3) is 0.533. The SMILES string of the molecule is COC(=O)C(C)Oc1c(Cl)cc(CNC(C)C)cc1OC. The Hall–Kier alpha value is -1.46. The summed E-state index contributed by atoms with van der Waals surface area (Å²) in [6.07, 6.45) is -0.763. The number of esters is 1. The van der Waals surface area contributed by atoms with E-state index in [0.29, 0.717) is 29.1 Å². The van der Waals surface area contributed by atoms with Crippen LogP contribution in [0.15, 0.2) is 12.1 Å². The van der Waals surface area contributed by atoms with Gasteiger partial charge < -0.3 is 19.5 Å². The lowest BCUT2D eigenvalue weighted by Gasteiger charge is -2.18. The highest BCUT2D eigenvalue weighted by molar-refractivity contribution is 6.32. The molecule has 0 heterocycles. The van der Waals surface area contributed by atoms with E-state index in [0.717, 1.165) is 5.56 Å². The van der Waals surface area contributed by atoms with Gasteiger partial charge in [-0.05, 0) is 24.6 Å². The summed E-state index contributed by atoms with van der Waals surface area (Å²) in [5, 5.41) is 3.69. The molecule has 1 aromatic carbocycles. The highest BCUT2D eigenvalue weighted by Gasteiger charge is 2.20. The molecule has 0 saturated heterocycles. The van der Waals surface area contributed by atoms with E-state index in [1.54, 1.807) is 13.0 Å². The van der Waals surface area contributed by atoms with Gasteiger partial charge in [0.15, 0.2) is 17.6 Å². The summed E-state index contributed by atoms with van der Waals surface area (Å²) in [7, 11) is 2.84. The standard InChI is InChI=1S/C15H22ClNO4/c1-9(2)17-8-11-6-12(16)14(13(7-11)19-4)21-10(3)15(18)20-5/h6-7,9-10,17H,8H2,1-5H3. The molecule has 0 fully saturated rings. The van der Waals surface area contributed by atoms with Crippen LogP contribution in [0.2, 0.25) is 5.02 Å². The molecule has 0 bridgehead atoms. The topological polar surface area (TPSA) is 56.8 Å². The lowest BCUT2D eigenvalue weighted by molar-refractivity contribution is -0.147. The quantitative estimate of drug-likeness (QED) is 0.784. The molecular formula is C15H22ClNO4. The number of methoxy groups -OCH3 is 2. The largest absolute Gasteiger partial charge is 0.493 e. The average Bonchev–Trinajstić information content (AvgIpc) is 2.46. The first-order chi connectivity index (χ1) is 9.88. The molecular weight excluding hydrogens is 294 g/mol. The Kier molecular flexibility index (Phi) is 6.78. The second kappa shape index (κ2) is 8.10. The first-order valence-corrected chi connectivity index (χ1v) is 7.11. The molecule has 0 radical (unpaired) electrons. The van der Waals surface area contributed by atoms with Crippen molar-refractivity contribution in [3.63, 3.8) is 0 Å². The number of ether oxygens (including phenoxy) is 3. The predicted molar refractivity (Wildman–Crippen MR) is 82.1 cm³/mol. The maximum atomic E-state index is 11.4. The van der Waals surface area contributed by atoms with Crippen LogP contribution < -0.4 is 14.8 Å². The fourth-order valence-electron chi connectivity index (χ4n) is 1.70. The lowest BCUT2D eigenvalue weighted by atomic mass is 10.2.